The molecule has 1 amide bonds. The van der Waals surface area contributed by atoms with Crippen molar-refractivity contribution in [3.63, 3.8) is 0 Å². The summed E-state index contributed by atoms with van der Waals surface area (Å²) in [4.78, 5) is 25.5. The number of nitro benzene ring substituents is 1. The Kier molecular flexibility index (Phi) is 5.27. The maximum atomic E-state index is 12.6. The van der Waals surface area contributed by atoms with Gasteiger partial charge in [-0.3, -0.25) is 19.8 Å². The third-order valence-electron chi connectivity index (χ3n) is 5.60. The molecule has 2 aromatic rings. The lowest BCUT2D eigenvalue weighted by Gasteiger charge is -2.20. The smallest absolute Gasteiger partial charge is 0.296 e. The third kappa shape index (κ3) is 4.59. The van der Waals surface area contributed by atoms with E-state index in [1.54, 1.807) is 6.07 Å². The molecule has 1 N–H and O–H groups in total. The zero-order valence-corrected chi connectivity index (χ0v) is 16.6. The summed E-state index contributed by atoms with van der Waals surface area (Å²) in [6.45, 7) is 2.93. The number of benzene rings is 1. The predicted molar refractivity (Wildman–Crippen MR) is 107 cm³/mol. The highest BCUT2D eigenvalue weighted by Gasteiger charge is 2.37. The van der Waals surface area contributed by atoms with Gasteiger partial charge in [-0.25, -0.2) is 0 Å². The SMILES string of the molecule is COc1ccc(NC(=O)CN(Cc2ccc(C3CC3C)o2)C2CC2)c([N+](=O)[O-])c1. The van der Waals surface area contributed by atoms with E-state index in [4.69, 9.17) is 9.15 Å². The first-order chi connectivity index (χ1) is 13.9. The Hall–Kier alpha value is -2.87. The summed E-state index contributed by atoms with van der Waals surface area (Å²) < 4.78 is 11.0. The van der Waals surface area contributed by atoms with Gasteiger partial charge >= 0.3 is 0 Å². The van der Waals surface area contributed by atoms with Crippen LogP contribution in [0.3, 0.4) is 0 Å². The zero-order chi connectivity index (χ0) is 20.5. The Bertz CT molecular complexity index is 921. The van der Waals surface area contributed by atoms with E-state index in [9.17, 15) is 14.9 Å². The number of ether oxygens (including phenoxy) is 1. The Morgan fingerprint density at radius 3 is 2.72 bits per heavy atom. The van der Waals surface area contributed by atoms with Crippen LogP contribution in [-0.4, -0.2) is 35.4 Å². The van der Waals surface area contributed by atoms with Gasteiger partial charge in [0.1, 0.15) is 23.0 Å². The lowest BCUT2D eigenvalue weighted by molar-refractivity contribution is -0.384. The molecule has 1 aromatic heterocycles. The Morgan fingerprint density at radius 2 is 2.10 bits per heavy atom. The van der Waals surface area contributed by atoms with Gasteiger partial charge in [0.15, 0.2) is 0 Å². The van der Waals surface area contributed by atoms with Gasteiger partial charge in [-0.15, -0.1) is 0 Å². The van der Waals surface area contributed by atoms with Gasteiger partial charge in [0.25, 0.3) is 5.69 Å². The maximum Gasteiger partial charge on any atom is 0.296 e. The van der Waals surface area contributed by atoms with Crippen LogP contribution >= 0.6 is 0 Å². The molecule has 8 heteroatoms. The molecule has 1 aromatic carbocycles. The van der Waals surface area contributed by atoms with E-state index < -0.39 is 4.92 Å². The van der Waals surface area contributed by atoms with Crippen molar-refractivity contribution in [2.75, 3.05) is 19.0 Å². The van der Waals surface area contributed by atoms with Gasteiger partial charge in [-0.05, 0) is 49.4 Å². The second kappa shape index (κ2) is 7.87. The van der Waals surface area contributed by atoms with Crippen molar-refractivity contribution in [3.8, 4) is 5.75 Å². The van der Waals surface area contributed by atoms with Crippen LogP contribution in [0.4, 0.5) is 11.4 Å². The van der Waals surface area contributed by atoms with Gasteiger partial charge in [-0.1, -0.05) is 6.92 Å². The topological polar surface area (TPSA) is 97.8 Å². The van der Waals surface area contributed by atoms with Gasteiger partial charge in [-0.2, -0.15) is 0 Å². The van der Waals surface area contributed by atoms with Gasteiger partial charge in [0, 0.05) is 12.0 Å². The summed E-state index contributed by atoms with van der Waals surface area (Å²) >= 11 is 0. The molecule has 4 rings (SSSR count). The van der Waals surface area contributed by atoms with Gasteiger partial charge < -0.3 is 14.5 Å². The summed E-state index contributed by atoms with van der Waals surface area (Å²) in [7, 11) is 1.44. The highest BCUT2D eigenvalue weighted by molar-refractivity contribution is 5.94. The van der Waals surface area contributed by atoms with Gasteiger partial charge in [0.05, 0.1) is 31.2 Å². The van der Waals surface area contributed by atoms with Crippen LogP contribution in [0.25, 0.3) is 0 Å². The van der Waals surface area contributed by atoms with Crippen molar-refractivity contribution >= 4 is 17.3 Å². The van der Waals surface area contributed by atoms with Crippen molar-refractivity contribution in [2.45, 2.75) is 44.7 Å². The number of nitrogens with zero attached hydrogens (tertiary/aromatic N) is 2. The molecule has 2 unspecified atom stereocenters. The first kappa shape index (κ1) is 19.4. The van der Waals surface area contributed by atoms with Crippen LogP contribution in [0.15, 0.2) is 34.7 Å². The molecule has 0 radical (unpaired) electrons. The normalized spacial score (nSPS) is 20.5. The standard InChI is InChI=1S/C21H25N3O5/c1-13-9-17(13)20-8-6-16(29-20)11-23(14-3-4-14)12-21(25)22-18-7-5-15(28-2)10-19(18)24(26)27/h5-8,10,13-14,17H,3-4,9,11-12H2,1-2H3,(H,22,25). The van der Waals surface area contributed by atoms with E-state index in [-0.39, 0.29) is 23.8 Å². The van der Waals surface area contributed by atoms with E-state index in [0.717, 1.165) is 24.4 Å². The van der Waals surface area contributed by atoms with Crippen molar-refractivity contribution in [1.29, 1.82) is 0 Å². The Labute approximate surface area is 169 Å². The number of anilines is 1. The second-order valence-corrected chi connectivity index (χ2v) is 7.95. The molecule has 0 bridgehead atoms. The number of amides is 1. The lowest BCUT2D eigenvalue weighted by Crippen LogP contribution is -2.34. The fourth-order valence-electron chi connectivity index (χ4n) is 3.62. The number of nitro groups is 1. The number of hydrogen-bond donors (Lipinski definition) is 1. The molecule has 2 aliphatic carbocycles. The molecule has 154 valence electrons. The summed E-state index contributed by atoms with van der Waals surface area (Å²) in [5.74, 6) is 3.17. The molecule has 2 atom stereocenters. The van der Waals surface area contributed by atoms with Crippen LogP contribution < -0.4 is 10.1 Å². The minimum Gasteiger partial charge on any atom is -0.496 e. The van der Waals surface area contributed by atoms with E-state index in [2.05, 4.69) is 17.1 Å². The molecular formula is C21H25N3O5. The first-order valence-electron chi connectivity index (χ1n) is 9.89. The van der Waals surface area contributed by atoms with Crippen LogP contribution in [0, 0.1) is 16.0 Å². The number of methoxy groups -OCH3 is 1. The quantitative estimate of drug-likeness (QED) is 0.507. The number of rotatable bonds is 9. The molecule has 0 aliphatic heterocycles. The van der Waals surface area contributed by atoms with E-state index in [1.807, 2.05) is 12.1 Å². The third-order valence-corrected chi connectivity index (χ3v) is 5.60. The summed E-state index contributed by atoms with van der Waals surface area (Å²) in [6, 6.07) is 8.76. The Morgan fingerprint density at radius 1 is 1.34 bits per heavy atom. The molecule has 0 saturated heterocycles. The van der Waals surface area contributed by atoms with E-state index >= 15 is 0 Å². The number of carbonyl (C=O) groups is 1. The number of furan rings is 1. The van der Waals surface area contributed by atoms with Crippen LogP contribution in [-0.2, 0) is 11.3 Å². The summed E-state index contributed by atoms with van der Waals surface area (Å²) in [5.41, 5.74) is -0.0237. The molecule has 0 spiro atoms. The summed E-state index contributed by atoms with van der Waals surface area (Å²) in [6.07, 6.45) is 3.26. The van der Waals surface area contributed by atoms with Crippen molar-refractivity contribution < 1.29 is 18.9 Å². The zero-order valence-electron chi connectivity index (χ0n) is 16.6. The van der Waals surface area contributed by atoms with E-state index in [0.29, 0.717) is 30.2 Å². The van der Waals surface area contributed by atoms with Crippen molar-refractivity contribution in [2.24, 2.45) is 5.92 Å². The van der Waals surface area contributed by atoms with Crippen LogP contribution in [0.5, 0.6) is 5.75 Å². The molecule has 8 nitrogen and oxygen atoms in total. The average molecular weight is 399 g/mol. The fraction of sp³-hybridized carbons (Fsp3) is 0.476. The van der Waals surface area contributed by atoms with E-state index in [1.165, 1.54) is 25.7 Å². The summed E-state index contributed by atoms with van der Waals surface area (Å²) in [5, 5.41) is 14.0. The first-order valence-corrected chi connectivity index (χ1v) is 9.89. The Balaban J connectivity index is 1.41. The predicted octanol–water partition coefficient (Wildman–Crippen LogP) is 3.92. The average Bonchev–Trinajstić information content (AvgIpc) is 3.61. The number of carbonyl (C=O) groups excluding carboxylic acids is 1. The van der Waals surface area contributed by atoms with Crippen molar-refractivity contribution in [1.82, 2.24) is 4.90 Å². The number of nitrogens with one attached hydrogen (secondary N) is 1. The molecule has 2 saturated carbocycles. The highest BCUT2D eigenvalue weighted by Crippen LogP contribution is 2.47. The number of hydrogen-bond acceptors (Lipinski definition) is 6. The molecule has 2 aliphatic rings. The largest absolute Gasteiger partial charge is 0.496 e. The second-order valence-electron chi connectivity index (χ2n) is 7.95. The fourth-order valence-corrected chi connectivity index (χ4v) is 3.62. The van der Waals surface area contributed by atoms with Gasteiger partial charge in [0.2, 0.25) is 5.91 Å². The molecular weight excluding hydrogens is 374 g/mol. The lowest BCUT2D eigenvalue weighted by atomic mass is 10.2. The van der Waals surface area contributed by atoms with Crippen LogP contribution in [0.1, 0.15) is 43.6 Å². The minimum absolute atomic E-state index is 0.156. The van der Waals surface area contributed by atoms with Crippen molar-refractivity contribution in [3.05, 3.63) is 52.0 Å². The minimum atomic E-state index is -0.528. The molecule has 1 heterocycles. The monoisotopic (exact) mass is 399 g/mol. The highest BCUT2D eigenvalue weighted by atomic mass is 16.6. The van der Waals surface area contributed by atoms with Crippen LogP contribution in [0.2, 0.25) is 0 Å². The maximum absolute atomic E-state index is 12.6. The molecule has 29 heavy (non-hydrogen) atoms. The molecule has 2 fully saturated rings.